The van der Waals surface area contributed by atoms with Crippen LogP contribution < -0.4 is 14.8 Å². The molecule has 0 aliphatic heterocycles. The topological polar surface area (TPSA) is 82.5 Å². The van der Waals surface area contributed by atoms with E-state index in [1.54, 1.807) is 50.0 Å². The Morgan fingerprint density at radius 1 is 1.12 bits per heavy atom. The Morgan fingerprint density at radius 3 is 2.40 bits per heavy atom. The summed E-state index contributed by atoms with van der Waals surface area (Å²) in [7, 11) is 4.85. The first-order valence-corrected chi connectivity index (χ1v) is 8.01. The lowest BCUT2D eigenvalue weighted by molar-refractivity contribution is -0.116. The minimum Gasteiger partial charge on any atom is -0.497 e. The maximum absolute atomic E-state index is 12.1. The van der Waals surface area contributed by atoms with E-state index in [2.05, 4.69) is 10.4 Å². The number of amides is 1. The number of hydrogen-bond donors (Lipinski definition) is 1. The fourth-order valence-electron chi connectivity index (χ4n) is 2.55. The quantitative estimate of drug-likeness (QED) is 0.744. The molecule has 1 amide bonds. The van der Waals surface area contributed by atoms with Gasteiger partial charge in [-0.05, 0) is 37.6 Å². The average Bonchev–Trinajstić information content (AvgIpc) is 2.87. The SMILES string of the molecule is COc1ccc(C(=O)CCCC(=O)Nc2c(C)nn(C)c2OC)cc1. The first-order chi connectivity index (χ1) is 12.0. The van der Waals surface area contributed by atoms with Crippen molar-refractivity contribution in [3.05, 3.63) is 35.5 Å². The molecule has 0 saturated carbocycles. The van der Waals surface area contributed by atoms with Gasteiger partial charge in [-0.3, -0.25) is 9.59 Å². The van der Waals surface area contributed by atoms with Gasteiger partial charge < -0.3 is 14.8 Å². The maximum Gasteiger partial charge on any atom is 0.236 e. The highest BCUT2D eigenvalue weighted by atomic mass is 16.5. The number of hydrogen-bond acceptors (Lipinski definition) is 5. The van der Waals surface area contributed by atoms with Crippen molar-refractivity contribution in [2.45, 2.75) is 26.2 Å². The van der Waals surface area contributed by atoms with Gasteiger partial charge >= 0.3 is 0 Å². The summed E-state index contributed by atoms with van der Waals surface area (Å²) in [5, 5.41) is 7.01. The van der Waals surface area contributed by atoms with Gasteiger partial charge in [-0.15, -0.1) is 0 Å². The van der Waals surface area contributed by atoms with Crippen LogP contribution in [0.25, 0.3) is 0 Å². The van der Waals surface area contributed by atoms with Gasteiger partial charge in [0.1, 0.15) is 11.4 Å². The molecule has 1 heterocycles. The van der Waals surface area contributed by atoms with Gasteiger partial charge in [-0.25, -0.2) is 4.68 Å². The fourth-order valence-corrected chi connectivity index (χ4v) is 2.55. The Labute approximate surface area is 146 Å². The zero-order valence-corrected chi connectivity index (χ0v) is 15.0. The number of ether oxygens (including phenoxy) is 2. The molecule has 0 aliphatic carbocycles. The summed E-state index contributed by atoms with van der Waals surface area (Å²) in [5.74, 6) is 1.04. The van der Waals surface area contributed by atoms with Crippen molar-refractivity contribution >= 4 is 17.4 Å². The second-order valence-corrected chi connectivity index (χ2v) is 5.65. The van der Waals surface area contributed by atoms with E-state index in [1.165, 1.54) is 7.11 Å². The third-order valence-corrected chi connectivity index (χ3v) is 3.85. The molecule has 2 rings (SSSR count). The number of aryl methyl sites for hydroxylation is 2. The molecule has 2 aromatic rings. The van der Waals surface area contributed by atoms with Crippen molar-refractivity contribution in [3.8, 4) is 11.6 Å². The van der Waals surface area contributed by atoms with Crippen LogP contribution in [0, 0.1) is 6.92 Å². The number of rotatable bonds is 8. The molecule has 0 radical (unpaired) electrons. The molecule has 25 heavy (non-hydrogen) atoms. The van der Waals surface area contributed by atoms with Crippen molar-refractivity contribution in [1.82, 2.24) is 9.78 Å². The molecule has 0 fully saturated rings. The minimum atomic E-state index is -0.170. The number of benzene rings is 1. The normalized spacial score (nSPS) is 10.4. The first-order valence-electron chi connectivity index (χ1n) is 8.01. The summed E-state index contributed by atoms with van der Waals surface area (Å²) in [6, 6.07) is 6.95. The van der Waals surface area contributed by atoms with Gasteiger partial charge in [0, 0.05) is 25.5 Å². The molecule has 0 atom stereocenters. The Balaban J connectivity index is 1.85. The predicted molar refractivity (Wildman–Crippen MR) is 94.3 cm³/mol. The maximum atomic E-state index is 12.1. The highest BCUT2D eigenvalue weighted by molar-refractivity contribution is 5.97. The third-order valence-electron chi connectivity index (χ3n) is 3.85. The molecule has 7 heteroatoms. The van der Waals surface area contributed by atoms with Crippen LogP contribution in [0.4, 0.5) is 5.69 Å². The molecule has 134 valence electrons. The first kappa shape index (κ1) is 18.5. The van der Waals surface area contributed by atoms with Crippen LogP contribution in [0.5, 0.6) is 11.6 Å². The summed E-state index contributed by atoms with van der Waals surface area (Å²) >= 11 is 0. The molecule has 7 nitrogen and oxygen atoms in total. The molecule has 0 saturated heterocycles. The molecule has 0 unspecified atom stereocenters. The van der Waals surface area contributed by atoms with E-state index < -0.39 is 0 Å². The molecule has 1 aromatic heterocycles. The molecule has 0 aliphatic rings. The van der Waals surface area contributed by atoms with Crippen LogP contribution in [-0.4, -0.2) is 35.7 Å². The number of carbonyl (C=O) groups is 2. The van der Waals surface area contributed by atoms with Gasteiger partial charge in [0.15, 0.2) is 5.78 Å². The lowest BCUT2D eigenvalue weighted by Gasteiger charge is -2.07. The van der Waals surface area contributed by atoms with E-state index in [9.17, 15) is 9.59 Å². The van der Waals surface area contributed by atoms with Crippen molar-refractivity contribution in [2.24, 2.45) is 7.05 Å². The molecular weight excluding hydrogens is 322 g/mol. The van der Waals surface area contributed by atoms with E-state index in [1.807, 2.05) is 0 Å². The van der Waals surface area contributed by atoms with Gasteiger partial charge in [0.25, 0.3) is 0 Å². The number of ketones is 1. The zero-order chi connectivity index (χ0) is 18.4. The van der Waals surface area contributed by atoms with Crippen LogP contribution in [0.15, 0.2) is 24.3 Å². The lowest BCUT2D eigenvalue weighted by atomic mass is 10.1. The number of carbonyl (C=O) groups excluding carboxylic acids is 2. The largest absolute Gasteiger partial charge is 0.497 e. The van der Waals surface area contributed by atoms with Gasteiger partial charge in [0.2, 0.25) is 11.8 Å². The monoisotopic (exact) mass is 345 g/mol. The zero-order valence-electron chi connectivity index (χ0n) is 15.0. The van der Waals surface area contributed by atoms with Crippen molar-refractivity contribution in [3.63, 3.8) is 0 Å². The summed E-state index contributed by atoms with van der Waals surface area (Å²) in [6.45, 7) is 1.80. The van der Waals surface area contributed by atoms with Crippen LogP contribution >= 0.6 is 0 Å². The Hall–Kier alpha value is -2.83. The smallest absolute Gasteiger partial charge is 0.236 e. The van der Waals surface area contributed by atoms with E-state index >= 15 is 0 Å². The van der Waals surface area contributed by atoms with Crippen molar-refractivity contribution < 1.29 is 19.1 Å². The van der Waals surface area contributed by atoms with E-state index in [0.29, 0.717) is 41.4 Å². The summed E-state index contributed by atoms with van der Waals surface area (Å²) < 4.78 is 11.9. The highest BCUT2D eigenvalue weighted by Gasteiger charge is 2.16. The minimum absolute atomic E-state index is 0.00518. The number of aromatic nitrogens is 2. The number of nitrogens with zero attached hydrogens (tertiary/aromatic N) is 2. The summed E-state index contributed by atoms with van der Waals surface area (Å²) in [4.78, 5) is 24.2. The number of anilines is 1. The number of nitrogens with one attached hydrogen (secondary N) is 1. The second-order valence-electron chi connectivity index (χ2n) is 5.65. The van der Waals surface area contributed by atoms with E-state index in [4.69, 9.17) is 9.47 Å². The number of methoxy groups -OCH3 is 2. The second kappa shape index (κ2) is 8.32. The standard InChI is InChI=1S/C18H23N3O4/c1-12-17(18(25-4)21(2)20-12)19-16(23)7-5-6-15(22)13-8-10-14(24-3)11-9-13/h8-11H,5-7H2,1-4H3,(H,19,23). The molecule has 0 spiro atoms. The summed E-state index contributed by atoms with van der Waals surface area (Å²) in [5.41, 5.74) is 1.87. The van der Waals surface area contributed by atoms with Crippen molar-refractivity contribution in [2.75, 3.05) is 19.5 Å². The predicted octanol–water partition coefficient (Wildman–Crippen LogP) is 2.74. The van der Waals surface area contributed by atoms with Crippen LogP contribution in [-0.2, 0) is 11.8 Å². The van der Waals surface area contributed by atoms with Gasteiger partial charge in [-0.2, -0.15) is 5.10 Å². The Bertz CT molecular complexity index is 750. The molecule has 0 bridgehead atoms. The van der Waals surface area contributed by atoms with E-state index in [-0.39, 0.29) is 18.1 Å². The molecule has 1 N–H and O–H groups in total. The van der Waals surface area contributed by atoms with Crippen molar-refractivity contribution in [1.29, 1.82) is 0 Å². The van der Waals surface area contributed by atoms with Gasteiger partial charge in [-0.1, -0.05) is 0 Å². The highest BCUT2D eigenvalue weighted by Crippen LogP contribution is 2.27. The number of Topliss-reactive ketones (excluding diaryl/α,β-unsaturated/α-hetero) is 1. The van der Waals surface area contributed by atoms with Gasteiger partial charge in [0.05, 0.1) is 19.9 Å². The Morgan fingerprint density at radius 2 is 1.80 bits per heavy atom. The lowest BCUT2D eigenvalue weighted by Crippen LogP contribution is -2.13. The third kappa shape index (κ3) is 4.59. The van der Waals surface area contributed by atoms with Crippen LogP contribution in [0.1, 0.15) is 35.3 Å². The summed E-state index contributed by atoms with van der Waals surface area (Å²) in [6.07, 6.45) is 1.03. The molecular formula is C18H23N3O4. The Kier molecular flexibility index (Phi) is 6.16. The van der Waals surface area contributed by atoms with Crippen LogP contribution in [0.2, 0.25) is 0 Å². The molecule has 1 aromatic carbocycles. The van der Waals surface area contributed by atoms with Crippen LogP contribution in [0.3, 0.4) is 0 Å². The van der Waals surface area contributed by atoms with E-state index in [0.717, 1.165) is 0 Å². The fraction of sp³-hybridized carbons (Fsp3) is 0.389. The average molecular weight is 345 g/mol.